The van der Waals surface area contributed by atoms with Gasteiger partial charge in [-0.15, -0.1) is 0 Å². The van der Waals surface area contributed by atoms with Crippen molar-refractivity contribution in [1.82, 2.24) is 9.80 Å². The molecule has 4 rings (SSSR count). The van der Waals surface area contributed by atoms with Crippen LogP contribution in [0.5, 0.6) is 5.75 Å². The third-order valence-electron chi connectivity index (χ3n) is 6.12. The van der Waals surface area contributed by atoms with Gasteiger partial charge in [0.15, 0.2) is 11.5 Å². The maximum absolute atomic E-state index is 13.3. The standard InChI is InChI=1S/C25H30N2O5/c1-14(28)31-20-16(12-26(22(20)29)24(2,3)4)19-15-10-8-9-11-18(15)32-21-17(19)13-27(23(21)30)25(5,6)7/h8-11,19H,12-13H2,1-7H3. The Bertz CT molecular complexity index is 1080. The summed E-state index contributed by atoms with van der Waals surface area (Å²) < 4.78 is 11.6. The van der Waals surface area contributed by atoms with Crippen molar-refractivity contribution < 1.29 is 23.9 Å². The van der Waals surface area contributed by atoms with E-state index in [-0.39, 0.29) is 17.6 Å². The molecule has 1 unspecified atom stereocenters. The van der Waals surface area contributed by atoms with Gasteiger partial charge in [0.2, 0.25) is 0 Å². The van der Waals surface area contributed by atoms with Gasteiger partial charge in [-0.05, 0) is 47.6 Å². The molecule has 7 heteroatoms. The highest BCUT2D eigenvalue weighted by atomic mass is 16.5. The lowest BCUT2D eigenvalue weighted by Gasteiger charge is -2.34. The Morgan fingerprint density at radius 3 is 2.09 bits per heavy atom. The van der Waals surface area contributed by atoms with Crippen molar-refractivity contribution in [3.63, 3.8) is 0 Å². The Balaban J connectivity index is 1.90. The first kappa shape index (κ1) is 22.1. The number of benzene rings is 1. The molecule has 1 aromatic rings. The average Bonchev–Trinajstić information content (AvgIpc) is 3.17. The zero-order chi connectivity index (χ0) is 23.6. The second-order valence-corrected chi connectivity index (χ2v) is 10.5. The van der Waals surface area contributed by atoms with Gasteiger partial charge in [0.25, 0.3) is 11.8 Å². The molecule has 0 saturated carbocycles. The molecule has 3 aliphatic rings. The van der Waals surface area contributed by atoms with Gasteiger partial charge in [-0.3, -0.25) is 14.4 Å². The fraction of sp³-hybridized carbons (Fsp3) is 0.480. The van der Waals surface area contributed by atoms with E-state index in [1.54, 1.807) is 9.80 Å². The summed E-state index contributed by atoms with van der Waals surface area (Å²) in [4.78, 5) is 42.0. The van der Waals surface area contributed by atoms with E-state index in [2.05, 4.69) is 0 Å². The molecule has 170 valence electrons. The molecule has 0 radical (unpaired) electrons. The predicted molar refractivity (Wildman–Crippen MR) is 119 cm³/mol. The Labute approximate surface area is 188 Å². The summed E-state index contributed by atoms with van der Waals surface area (Å²) in [6.07, 6.45) is 0. The first-order valence-corrected chi connectivity index (χ1v) is 10.9. The summed E-state index contributed by atoms with van der Waals surface area (Å²) in [6.45, 7) is 13.8. The highest BCUT2D eigenvalue weighted by Crippen LogP contribution is 2.49. The van der Waals surface area contributed by atoms with Crippen LogP contribution in [0.15, 0.2) is 46.9 Å². The topological polar surface area (TPSA) is 76.2 Å². The van der Waals surface area contributed by atoms with Crippen LogP contribution in [-0.4, -0.2) is 51.8 Å². The maximum atomic E-state index is 13.3. The molecule has 0 fully saturated rings. The minimum atomic E-state index is -0.546. The number of esters is 1. The molecule has 1 atom stereocenters. The number of hydrogen-bond acceptors (Lipinski definition) is 5. The smallest absolute Gasteiger partial charge is 0.308 e. The van der Waals surface area contributed by atoms with E-state index in [9.17, 15) is 14.4 Å². The number of carbonyl (C=O) groups is 3. The third-order valence-corrected chi connectivity index (χ3v) is 6.12. The number of para-hydroxylation sites is 1. The molecular formula is C25H30N2O5. The second-order valence-electron chi connectivity index (χ2n) is 10.5. The first-order valence-electron chi connectivity index (χ1n) is 10.9. The molecule has 0 spiro atoms. The van der Waals surface area contributed by atoms with Gasteiger partial charge in [0.1, 0.15) is 5.75 Å². The molecular weight excluding hydrogens is 408 g/mol. The van der Waals surface area contributed by atoms with Crippen LogP contribution in [0, 0.1) is 0 Å². The SMILES string of the molecule is CC(=O)OC1=C(C2C3=C(Oc4ccccc42)C(=O)N(C(C)(C)C)C3)CN(C(C)(C)C)C1=O. The molecule has 0 bridgehead atoms. The fourth-order valence-corrected chi connectivity index (χ4v) is 4.55. The molecule has 32 heavy (non-hydrogen) atoms. The van der Waals surface area contributed by atoms with Crippen molar-refractivity contribution in [2.75, 3.05) is 13.1 Å². The normalized spacial score (nSPS) is 21.2. The molecule has 0 N–H and O–H groups in total. The van der Waals surface area contributed by atoms with E-state index in [1.807, 2.05) is 65.8 Å². The van der Waals surface area contributed by atoms with Gasteiger partial charge in [0.05, 0.1) is 0 Å². The van der Waals surface area contributed by atoms with Gasteiger partial charge in [0, 0.05) is 53.7 Å². The van der Waals surface area contributed by atoms with E-state index in [0.717, 1.165) is 11.1 Å². The van der Waals surface area contributed by atoms with Crippen LogP contribution in [0.1, 0.15) is 59.9 Å². The lowest BCUT2D eigenvalue weighted by Crippen LogP contribution is -2.44. The van der Waals surface area contributed by atoms with Gasteiger partial charge in [-0.1, -0.05) is 18.2 Å². The van der Waals surface area contributed by atoms with Crippen LogP contribution < -0.4 is 4.74 Å². The van der Waals surface area contributed by atoms with Crippen LogP contribution >= 0.6 is 0 Å². The zero-order valence-corrected chi connectivity index (χ0v) is 19.7. The third kappa shape index (κ3) is 3.49. The predicted octanol–water partition coefficient (Wildman–Crippen LogP) is 3.52. The fourth-order valence-electron chi connectivity index (χ4n) is 4.55. The van der Waals surface area contributed by atoms with Crippen molar-refractivity contribution in [1.29, 1.82) is 0 Å². The zero-order valence-electron chi connectivity index (χ0n) is 19.7. The van der Waals surface area contributed by atoms with Crippen molar-refractivity contribution in [2.45, 2.75) is 65.5 Å². The Morgan fingerprint density at radius 2 is 1.50 bits per heavy atom. The van der Waals surface area contributed by atoms with Crippen molar-refractivity contribution in [2.24, 2.45) is 0 Å². The molecule has 2 amide bonds. The maximum Gasteiger partial charge on any atom is 0.308 e. The lowest BCUT2D eigenvalue weighted by molar-refractivity contribution is -0.144. The number of fused-ring (bicyclic) bond motifs is 1. The second kappa shape index (κ2) is 7.22. The van der Waals surface area contributed by atoms with Gasteiger partial charge in [-0.25, -0.2) is 0 Å². The van der Waals surface area contributed by atoms with Crippen LogP contribution in [0.25, 0.3) is 0 Å². The van der Waals surface area contributed by atoms with Gasteiger partial charge >= 0.3 is 5.97 Å². The number of ether oxygens (including phenoxy) is 2. The van der Waals surface area contributed by atoms with Gasteiger partial charge in [-0.2, -0.15) is 0 Å². The van der Waals surface area contributed by atoms with Crippen LogP contribution in [-0.2, 0) is 19.1 Å². The molecule has 0 aliphatic carbocycles. The summed E-state index contributed by atoms with van der Waals surface area (Å²) in [7, 11) is 0. The molecule has 0 aromatic heterocycles. The number of rotatable bonds is 2. The minimum Gasteiger partial charge on any atom is -0.451 e. The van der Waals surface area contributed by atoms with E-state index < -0.39 is 23.0 Å². The first-order chi connectivity index (χ1) is 14.8. The van der Waals surface area contributed by atoms with Crippen molar-refractivity contribution >= 4 is 17.8 Å². The van der Waals surface area contributed by atoms with Crippen LogP contribution in [0.2, 0.25) is 0 Å². The molecule has 3 aliphatic heterocycles. The Morgan fingerprint density at radius 1 is 0.938 bits per heavy atom. The van der Waals surface area contributed by atoms with E-state index in [0.29, 0.717) is 30.2 Å². The molecule has 7 nitrogen and oxygen atoms in total. The average molecular weight is 439 g/mol. The van der Waals surface area contributed by atoms with Crippen molar-refractivity contribution in [3.8, 4) is 5.75 Å². The largest absolute Gasteiger partial charge is 0.451 e. The Hall–Kier alpha value is -3.09. The quantitative estimate of drug-likeness (QED) is 0.661. The molecule has 0 saturated heterocycles. The van der Waals surface area contributed by atoms with Crippen LogP contribution in [0.3, 0.4) is 0 Å². The summed E-state index contributed by atoms with van der Waals surface area (Å²) >= 11 is 0. The summed E-state index contributed by atoms with van der Waals surface area (Å²) in [5.74, 6) is -0.476. The van der Waals surface area contributed by atoms with Crippen LogP contribution in [0.4, 0.5) is 0 Å². The molecule has 3 heterocycles. The monoisotopic (exact) mass is 438 g/mol. The van der Waals surface area contributed by atoms with Crippen molar-refractivity contribution in [3.05, 3.63) is 52.5 Å². The number of amides is 2. The molecule has 1 aromatic carbocycles. The van der Waals surface area contributed by atoms with E-state index in [4.69, 9.17) is 9.47 Å². The minimum absolute atomic E-state index is 0.0580. The Kier molecular flexibility index (Phi) is 4.99. The van der Waals surface area contributed by atoms with Gasteiger partial charge < -0.3 is 19.3 Å². The summed E-state index contributed by atoms with van der Waals surface area (Å²) in [6, 6.07) is 7.52. The lowest BCUT2D eigenvalue weighted by atomic mass is 9.82. The van der Waals surface area contributed by atoms with E-state index in [1.165, 1.54) is 6.92 Å². The number of carbonyl (C=O) groups excluding carboxylic acids is 3. The number of nitrogens with zero attached hydrogens (tertiary/aromatic N) is 2. The highest BCUT2D eigenvalue weighted by Gasteiger charge is 2.49. The summed E-state index contributed by atoms with van der Waals surface area (Å²) in [5.41, 5.74) is 1.48. The number of hydrogen-bond donors (Lipinski definition) is 0. The van der Waals surface area contributed by atoms with E-state index >= 15 is 0 Å². The summed E-state index contributed by atoms with van der Waals surface area (Å²) in [5, 5.41) is 0. The highest BCUT2D eigenvalue weighted by molar-refractivity contribution is 6.00.